The summed E-state index contributed by atoms with van der Waals surface area (Å²) in [6, 6.07) is 0.757. The molecule has 0 unspecified atom stereocenters. The molecule has 2 rings (SSSR count). The fourth-order valence-corrected chi connectivity index (χ4v) is 3.27. The third kappa shape index (κ3) is 1.71. The summed E-state index contributed by atoms with van der Waals surface area (Å²) in [5, 5.41) is 0. The van der Waals surface area contributed by atoms with Gasteiger partial charge in [-0.3, -0.25) is 0 Å². The van der Waals surface area contributed by atoms with Crippen LogP contribution in [0.15, 0.2) is 0 Å². The first-order valence-corrected chi connectivity index (χ1v) is 6.26. The van der Waals surface area contributed by atoms with Gasteiger partial charge >= 0.3 is 0 Å². The van der Waals surface area contributed by atoms with Crippen molar-refractivity contribution in [2.45, 2.75) is 53.0 Å². The maximum Gasteiger partial charge on any atom is 0.00414 e. The minimum absolute atomic E-state index is 0.749. The molecule has 0 N–H and O–H groups in total. The second-order valence-corrected chi connectivity index (χ2v) is 6.23. The summed E-state index contributed by atoms with van der Waals surface area (Å²) in [7, 11) is 0. The molecule has 1 nitrogen and oxygen atoms in total. The van der Waals surface area contributed by atoms with Crippen LogP contribution in [0, 0.1) is 17.3 Å². The molecular weight excluding hydrogens is 170 g/mol. The van der Waals surface area contributed by atoms with Gasteiger partial charge in [0.2, 0.25) is 0 Å². The Hall–Kier alpha value is -0.0400. The van der Waals surface area contributed by atoms with Crippen molar-refractivity contribution in [3.63, 3.8) is 0 Å². The maximum absolute atomic E-state index is 2.66. The van der Waals surface area contributed by atoms with Crippen LogP contribution in [0.25, 0.3) is 0 Å². The summed E-state index contributed by atoms with van der Waals surface area (Å²) in [6.45, 7) is 12.2. The number of hydrogen-bond donors (Lipinski definition) is 0. The Balaban J connectivity index is 1.86. The molecule has 1 heteroatoms. The van der Waals surface area contributed by atoms with E-state index in [4.69, 9.17) is 0 Å². The zero-order chi connectivity index (χ0) is 10.3. The number of hydrogen-bond acceptors (Lipinski definition) is 1. The van der Waals surface area contributed by atoms with Gasteiger partial charge in [0, 0.05) is 12.6 Å². The molecule has 2 aliphatic rings. The molecule has 1 heterocycles. The topological polar surface area (TPSA) is 3.24 Å². The molecule has 0 aromatic heterocycles. The lowest BCUT2D eigenvalue weighted by Gasteiger charge is -2.47. The first kappa shape index (κ1) is 10.5. The average Bonchev–Trinajstić information content (AvgIpc) is 2.44. The van der Waals surface area contributed by atoms with Gasteiger partial charge in [0.1, 0.15) is 0 Å². The molecule has 2 fully saturated rings. The fourth-order valence-electron chi connectivity index (χ4n) is 3.27. The molecule has 0 aromatic carbocycles. The highest BCUT2D eigenvalue weighted by Gasteiger charge is 2.49. The summed E-state index contributed by atoms with van der Waals surface area (Å²) in [4.78, 5) is 2.66. The maximum atomic E-state index is 2.66. The lowest BCUT2D eigenvalue weighted by atomic mass is 9.58. The van der Waals surface area contributed by atoms with E-state index in [0.717, 1.165) is 23.3 Å². The smallest absolute Gasteiger partial charge is 0.00414 e. The second kappa shape index (κ2) is 3.52. The minimum atomic E-state index is 0.749. The average molecular weight is 195 g/mol. The van der Waals surface area contributed by atoms with Crippen LogP contribution >= 0.6 is 0 Å². The lowest BCUT2D eigenvalue weighted by Crippen LogP contribution is -2.42. The van der Waals surface area contributed by atoms with Gasteiger partial charge in [0.05, 0.1) is 0 Å². The van der Waals surface area contributed by atoms with E-state index in [0.29, 0.717) is 0 Å². The molecular formula is C13H25N. The molecule has 1 saturated heterocycles. The second-order valence-electron chi connectivity index (χ2n) is 6.23. The van der Waals surface area contributed by atoms with E-state index in [1.165, 1.54) is 32.4 Å². The molecule has 0 radical (unpaired) electrons. The summed E-state index contributed by atoms with van der Waals surface area (Å²) in [5.74, 6) is 1.94. The van der Waals surface area contributed by atoms with Crippen molar-refractivity contribution < 1.29 is 0 Å². The van der Waals surface area contributed by atoms with Crippen molar-refractivity contribution in [1.29, 1.82) is 0 Å². The zero-order valence-corrected chi connectivity index (χ0v) is 10.2. The monoisotopic (exact) mass is 195 g/mol. The Morgan fingerprint density at radius 1 is 1.14 bits per heavy atom. The molecule has 14 heavy (non-hydrogen) atoms. The van der Waals surface area contributed by atoms with Crippen LogP contribution in [0.4, 0.5) is 0 Å². The van der Waals surface area contributed by atoms with Crippen LogP contribution in [0.3, 0.4) is 0 Å². The quantitative estimate of drug-likeness (QED) is 0.654. The Bertz CT molecular complexity index is 201. The summed E-state index contributed by atoms with van der Waals surface area (Å²) < 4.78 is 0. The Labute approximate surface area is 88.9 Å². The van der Waals surface area contributed by atoms with Gasteiger partial charge in [-0.1, -0.05) is 13.8 Å². The van der Waals surface area contributed by atoms with Crippen LogP contribution in [-0.4, -0.2) is 24.0 Å². The Morgan fingerprint density at radius 2 is 1.79 bits per heavy atom. The first-order chi connectivity index (χ1) is 6.52. The molecule has 1 spiro atoms. The molecule has 0 amide bonds. The number of nitrogens with zero attached hydrogens (tertiary/aromatic N) is 1. The predicted molar refractivity (Wildman–Crippen MR) is 61.3 cm³/mol. The van der Waals surface area contributed by atoms with E-state index in [1.54, 1.807) is 0 Å². The number of likely N-dealkylation sites (tertiary alicyclic amines) is 1. The van der Waals surface area contributed by atoms with Crippen LogP contribution in [0.2, 0.25) is 0 Å². The van der Waals surface area contributed by atoms with Gasteiger partial charge in [-0.05, 0) is 56.9 Å². The van der Waals surface area contributed by atoms with Gasteiger partial charge in [0.25, 0.3) is 0 Å². The van der Waals surface area contributed by atoms with E-state index in [9.17, 15) is 0 Å². The van der Waals surface area contributed by atoms with Gasteiger partial charge in [-0.25, -0.2) is 0 Å². The molecule has 0 aromatic rings. The van der Waals surface area contributed by atoms with Gasteiger partial charge in [0.15, 0.2) is 0 Å². The van der Waals surface area contributed by atoms with Gasteiger partial charge in [-0.15, -0.1) is 0 Å². The normalized spacial score (nSPS) is 38.6. The summed E-state index contributed by atoms with van der Waals surface area (Å²) in [6.07, 6.45) is 4.48. The molecule has 1 aliphatic carbocycles. The molecule has 1 aliphatic heterocycles. The molecule has 82 valence electrons. The van der Waals surface area contributed by atoms with E-state index < -0.39 is 0 Å². The lowest BCUT2D eigenvalue weighted by molar-refractivity contribution is 0.0311. The number of rotatable bonds is 2. The largest absolute Gasteiger partial charge is 0.300 e. The third-order valence-corrected chi connectivity index (χ3v) is 4.53. The van der Waals surface area contributed by atoms with E-state index in [2.05, 4.69) is 32.6 Å². The summed E-state index contributed by atoms with van der Waals surface area (Å²) in [5.41, 5.74) is 0.749. The van der Waals surface area contributed by atoms with Gasteiger partial charge in [-0.2, -0.15) is 0 Å². The first-order valence-electron chi connectivity index (χ1n) is 6.26. The van der Waals surface area contributed by atoms with Crippen LogP contribution in [0.5, 0.6) is 0 Å². The van der Waals surface area contributed by atoms with E-state index in [-0.39, 0.29) is 0 Å². The molecule has 0 bridgehead atoms. The highest BCUT2D eigenvalue weighted by atomic mass is 15.2. The van der Waals surface area contributed by atoms with Crippen molar-refractivity contribution in [3.8, 4) is 0 Å². The predicted octanol–water partition coefficient (Wildman–Crippen LogP) is 3.15. The Kier molecular flexibility index (Phi) is 2.63. The Morgan fingerprint density at radius 3 is 2.21 bits per heavy atom. The standard InChI is InChI=1S/C13H25N/c1-10(2)12-7-13(8-12)5-6-14(9-13)11(3)4/h10-12H,5-9H2,1-4H3/t12-,13-. The molecule has 1 saturated carbocycles. The van der Waals surface area contributed by atoms with E-state index in [1.807, 2.05) is 0 Å². The highest BCUT2D eigenvalue weighted by molar-refractivity contribution is 5.01. The van der Waals surface area contributed by atoms with Crippen molar-refractivity contribution in [3.05, 3.63) is 0 Å². The van der Waals surface area contributed by atoms with Crippen molar-refractivity contribution >= 4 is 0 Å². The van der Waals surface area contributed by atoms with Gasteiger partial charge < -0.3 is 4.90 Å². The van der Waals surface area contributed by atoms with Crippen LogP contribution < -0.4 is 0 Å². The highest BCUT2D eigenvalue weighted by Crippen LogP contribution is 2.54. The molecule has 0 atom stereocenters. The summed E-state index contributed by atoms with van der Waals surface area (Å²) >= 11 is 0. The van der Waals surface area contributed by atoms with Crippen molar-refractivity contribution in [1.82, 2.24) is 4.90 Å². The van der Waals surface area contributed by atoms with Crippen molar-refractivity contribution in [2.24, 2.45) is 17.3 Å². The van der Waals surface area contributed by atoms with Crippen LogP contribution in [0.1, 0.15) is 47.0 Å². The van der Waals surface area contributed by atoms with Crippen molar-refractivity contribution in [2.75, 3.05) is 13.1 Å². The van der Waals surface area contributed by atoms with E-state index >= 15 is 0 Å². The third-order valence-electron chi connectivity index (χ3n) is 4.53. The fraction of sp³-hybridized carbons (Fsp3) is 1.00. The minimum Gasteiger partial charge on any atom is -0.300 e. The zero-order valence-electron chi connectivity index (χ0n) is 10.2. The van der Waals surface area contributed by atoms with Crippen LogP contribution in [-0.2, 0) is 0 Å². The SMILES string of the molecule is CC(C)N1CC[C@]2(C1)C[C@H](C(C)C)C2.